The molecule has 0 bridgehead atoms. The van der Waals surface area contributed by atoms with Crippen LogP contribution in [0.5, 0.6) is 0 Å². The van der Waals surface area contributed by atoms with E-state index < -0.39 is 0 Å². The Labute approximate surface area is 117 Å². The number of thioether (sulfide) groups is 1. The van der Waals surface area contributed by atoms with Gasteiger partial charge in [-0.25, -0.2) is 4.68 Å². The van der Waals surface area contributed by atoms with E-state index in [1.165, 1.54) is 6.42 Å². The lowest BCUT2D eigenvalue weighted by molar-refractivity contribution is 0.759. The van der Waals surface area contributed by atoms with Gasteiger partial charge in [-0.05, 0) is 19.4 Å². The molecule has 0 radical (unpaired) electrons. The number of unbranched alkanes of at least 4 members (excludes halogenated alkanes) is 1. The highest BCUT2D eigenvalue weighted by atomic mass is 32.2. The van der Waals surface area contributed by atoms with Gasteiger partial charge >= 0.3 is 0 Å². The second-order valence-corrected chi connectivity index (χ2v) is 4.99. The Hall–Kier alpha value is -1.63. The summed E-state index contributed by atoms with van der Waals surface area (Å²) in [5.41, 5.74) is 0. The molecule has 0 saturated heterocycles. The lowest BCUT2D eigenvalue weighted by Gasteiger charge is -2.07. The number of nitrogens with one attached hydrogen (secondary N) is 1. The zero-order chi connectivity index (χ0) is 13.5. The Morgan fingerprint density at radius 3 is 2.84 bits per heavy atom. The minimum atomic E-state index is 0.551. The van der Waals surface area contributed by atoms with Gasteiger partial charge in [0.1, 0.15) is 0 Å². The minimum Gasteiger partial charge on any atom is -0.354 e. The Balaban J connectivity index is 2.22. The maximum atomic E-state index is 4.43. The summed E-state index contributed by atoms with van der Waals surface area (Å²) in [6.45, 7) is 4.97. The molecule has 0 aliphatic heterocycles. The van der Waals surface area contributed by atoms with Crippen molar-refractivity contribution in [2.45, 2.75) is 31.8 Å². The third-order valence-corrected chi connectivity index (χ3v) is 3.31. The van der Waals surface area contributed by atoms with Crippen molar-refractivity contribution in [3.8, 4) is 5.95 Å². The molecule has 2 heterocycles. The van der Waals surface area contributed by atoms with Crippen molar-refractivity contribution in [2.75, 3.05) is 17.6 Å². The zero-order valence-corrected chi connectivity index (χ0v) is 12.0. The molecule has 19 heavy (non-hydrogen) atoms. The van der Waals surface area contributed by atoms with Crippen LogP contribution in [-0.2, 0) is 0 Å². The first-order valence-electron chi connectivity index (χ1n) is 6.46. The molecule has 0 fully saturated rings. The first-order chi connectivity index (χ1) is 9.33. The molecular formula is C12H18N6S. The smallest absolute Gasteiger partial charge is 0.256 e. The fourth-order valence-electron chi connectivity index (χ4n) is 1.44. The second kappa shape index (κ2) is 7.08. The lowest BCUT2D eigenvalue weighted by atomic mass is 10.4. The van der Waals surface area contributed by atoms with Gasteiger partial charge in [0.05, 0.1) is 0 Å². The standard InChI is InChI=1S/C12H18N6S/c1-3-5-9-19-12-16-10(13-4-2)15-11(17-12)18-8-6-7-14-18/h6-8H,3-5,9H2,1-2H3,(H,13,15,16,17). The summed E-state index contributed by atoms with van der Waals surface area (Å²) in [7, 11) is 0. The van der Waals surface area contributed by atoms with Crippen molar-refractivity contribution >= 4 is 17.7 Å². The van der Waals surface area contributed by atoms with E-state index in [0.29, 0.717) is 11.9 Å². The molecule has 7 heteroatoms. The third kappa shape index (κ3) is 3.92. The molecule has 0 unspecified atom stereocenters. The second-order valence-electron chi connectivity index (χ2n) is 3.92. The number of hydrogen-bond acceptors (Lipinski definition) is 6. The van der Waals surface area contributed by atoms with Crippen molar-refractivity contribution < 1.29 is 0 Å². The van der Waals surface area contributed by atoms with Gasteiger partial charge in [0, 0.05) is 24.7 Å². The van der Waals surface area contributed by atoms with Gasteiger partial charge in [-0.1, -0.05) is 25.1 Å². The summed E-state index contributed by atoms with van der Waals surface area (Å²) in [6.07, 6.45) is 5.86. The average Bonchev–Trinajstić information content (AvgIpc) is 2.93. The van der Waals surface area contributed by atoms with E-state index in [4.69, 9.17) is 0 Å². The largest absolute Gasteiger partial charge is 0.354 e. The van der Waals surface area contributed by atoms with E-state index in [0.717, 1.165) is 23.9 Å². The fourth-order valence-corrected chi connectivity index (χ4v) is 2.36. The highest BCUT2D eigenvalue weighted by molar-refractivity contribution is 7.99. The molecule has 0 spiro atoms. The average molecular weight is 278 g/mol. The van der Waals surface area contributed by atoms with Crippen LogP contribution in [0, 0.1) is 0 Å². The molecule has 0 aliphatic carbocycles. The maximum Gasteiger partial charge on any atom is 0.256 e. The van der Waals surface area contributed by atoms with Crippen molar-refractivity contribution in [1.29, 1.82) is 0 Å². The van der Waals surface area contributed by atoms with Crippen LogP contribution in [0.4, 0.5) is 5.95 Å². The van der Waals surface area contributed by atoms with Gasteiger partial charge in [0.15, 0.2) is 5.16 Å². The Bertz CT molecular complexity index is 499. The van der Waals surface area contributed by atoms with E-state index in [1.54, 1.807) is 22.6 Å². The monoisotopic (exact) mass is 278 g/mol. The highest BCUT2D eigenvalue weighted by Gasteiger charge is 2.08. The lowest BCUT2D eigenvalue weighted by Crippen LogP contribution is -2.09. The Morgan fingerprint density at radius 2 is 2.16 bits per heavy atom. The van der Waals surface area contributed by atoms with Crippen LogP contribution in [-0.4, -0.2) is 37.0 Å². The molecule has 1 N–H and O–H groups in total. The highest BCUT2D eigenvalue weighted by Crippen LogP contribution is 2.17. The normalized spacial score (nSPS) is 10.6. The van der Waals surface area contributed by atoms with Crippen LogP contribution in [0.2, 0.25) is 0 Å². The van der Waals surface area contributed by atoms with Crippen LogP contribution < -0.4 is 5.32 Å². The fraction of sp³-hybridized carbons (Fsp3) is 0.500. The van der Waals surface area contributed by atoms with Crippen molar-refractivity contribution in [3.63, 3.8) is 0 Å². The summed E-state index contributed by atoms with van der Waals surface area (Å²) in [4.78, 5) is 13.2. The van der Waals surface area contributed by atoms with Gasteiger partial charge in [0.25, 0.3) is 5.95 Å². The number of nitrogens with zero attached hydrogens (tertiary/aromatic N) is 5. The van der Waals surface area contributed by atoms with Crippen molar-refractivity contribution in [2.24, 2.45) is 0 Å². The third-order valence-electron chi connectivity index (χ3n) is 2.38. The molecular weight excluding hydrogens is 260 g/mol. The number of hydrogen-bond donors (Lipinski definition) is 1. The quantitative estimate of drug-likeness (QED) is 0.619. The molecule has 2 aromatic rings. The summed E-state index contributed by atoms with van der Waals surface area (Å²) in [5.74, 6) is 2.17. The molecule has 2 aromatic heterocycles. The van der Waals surface area contributed by atoms with Crippen molar-refractivity contribution in [3.05, 3.63) is 18.5 Å². The summed E-state index contributed by atoms with van der Waals surface area (Å²) < 4.78 is 1.65. The maximum absolute atomic E-state index is 4.43. The predicted molar refractivity (Wildman–Crippen MR) is 76.7 cm³/mol. The van der Waals surface area contributed by atoms with Crippen LogP contribution in [0.25, 0.3) is 5.95 Å². The van der Waals surface area contributed by atoms with Gasteiger partial charge in [0.2, 0.25) is 5.95 Å². The molecule has 0 aromatic carbocycles. The van der Waals surface area contributed by atoms with E-state index >= 15 is 0 Å². The zero-order valence-electron chi connectivity index (χ0n) is 11.2. The van der Waals surface area contributed by atoms with E-state index in [9.17, 15) is 0 Å². The van der Waals surface area contributed by atoms with Gasteiger partial charge in [-0.2, -0.15) is 20.1 Å². The number of aromatic nitrogens is 5. The van der Waals surface area contributed by atoms with E-state index in [-0.39, 0.29) is 0 Å². The minimum absolute atomic E-state index is 0.551. The van der Waals surface area contributed by atoms with Crippen molar-refractivity contribution in [1.82, 2.24) is 24.7 Å². The number of rotatable bonds is 7. The molecule has 2 rings (SSSR count). The first-order valence-corrected chi connectivity index (χ1v) is 7.44. The first kappa shape index (κ1) is 13.8. The summed E-state index contributed by atoms with van der Waals surface area (Å²) in [6, 6.07) is 1.85. The summed E-state index contributed by atoms with van der Waals surface area (Å²) in [5, 5.41) is 8.02. The van der Waals surface area contributed by atoms with Gasteiger partial charge < -0.3 is 5.32 Å². The van der Waals surface area contributed by atoms with Gasteiger partial charge in [-0.15, -0.1) is 0 Å². The SMILES string of the molecule is CCCCSc1nc(NCC)nc(-n2cccn2)n1. The van der Waals surface area contributed by atoms with Crippen LogP contribution in [0.15, 0.2) is 23.6 Å². The number of anilines is 1. The van der Waals surface area contributed by atoms with E-state index in [2.05, 4.69) is 32.3 Å². The molecule has 0 atom stereocenters. The van der Waals surface area contributed by atoms with E-state index in [1.807, 2.05) is 19.2 Å². The Kier molecular flexibility index (Phi) is 5.14. The molecule has 0 amide bonds. The molecule has 6 nitrogen and oxygen atoms in total. The molecule has 102 valence electrons. The Morgan fingerprint density at radius 1 is 1.26 bits per heavy atom. The van der Waals surface area contributed by atoms with Crippen LogP contribution in [0.1, 0.15) is 26.7 Å². The van der Waals surface area contributed by atoms with Crippen LogP contribution >= 0.6 is 11.8 Å². The molecule has 0 aliphatic rings. The topological polar surface area (TPSA) is 68.5 Å². The molecule has 0 saturated carbocycles. The van der Waals surface area contributed by atoms with Gasteiger partial charge in [-0.3, -0.25) is 0 Å². The summed E-state index contributed by atoms with van der Waals surface area (Å²) >= 11 is 1.65. The predicted octanol–water partition coefficient (Wildman–Crippen LogP) is 2.38. The van der Waals surface area contributed by atoms with Crippen LogP contribution in [0.3, 0.4) is 0 Å².